The molecule has 0 aliphatic rings. The number of aromatic hydroxyl groups is 1. The second kappa shape index (κ2) is 4.62. The normalized spacial score (nSPS) is 9.86. The fraction of sp³-hybridized carbons (Fsp3) is 0.300. The van der Waals surface area contributed by atoms with Gasteiger partial charge >= 0.3 is 5.97 Å². The Morgan fingerprint density at radius 2 is 2.29 bits per heavy atom. The van der Waals surface area contributed by atoms with E-state index in [4.69, 9.17) is 5.73 Å². The SMILES string of the molecule is COC(=O)Cc1ccc(CN)cc1O. The number of nitrogens with two attached hydrogens (primary N) is 1. The van der Waals surface area contributed by atoms with Crippen LogP contribution in [-0.2, 0) is 22.5 Å². The molecule has 0 aliphatic carbocycles. The minimum absolute atomic E-state index is 0.0766. The lowest BCUT2D eigenvalue weighted by Gasteiger charge is -2.04. The second-order valence-electron chi connectivity index (χ2n) is 2.92. The molecule has 14 heavy (non-hydrogen) atoms. The number of hydrogen-bond acceptors (Lipinski definition) is 4. The first kappa shape index (κ1) is 10.5. The molecule has 0 aromatic heterocycles. The summed E-state index contributed by atoms with van der Waals surface area (Å²) in [6.07, 6.45) is 0.0766. The quantitative estimate of drug-likeness (QED) is 0.691. The van der Waals surface area contributed by atoms with Crippen molar-refractivity contribution in [1.29, 1.82) is 0 Å². The summed E-state index contributed by atoms with van der Waals surface area (Å²) in [6.45, 7) is 0.367. The van der Waals surface area contributed by atoms with Gasteiger partial charge in [0.25, 0.3) is 0 Å². The number of esters is 1. The molecule has 0 amide bonds. The van der Waals surface area contributed by atoms with Crippen LogP contribution in [0.5, 0.6) is 5.75 Å². The topological polar surface area (TPSA) is 72.5 Å². The summed E-state index contributed by atoms with van der Waals surface area (Å²) in [4.78, 5) is 10.9. The number of carbonyl (C=O) groups excluding carboxylic acids is 1. The van der Waals surface area contributed by atoms with Gasteiger partial charge in [0, 0.05) is 12.1 Å². The number of rotatable bonds is 3. The average Bonchev–Trinajstić information content (AvgIpc) is 2.20. The predicted octanol–water partition coefficient (Wildman–Crippen LogP) is 0.566. The van der Waals surface area contributed by atoms with Gasteiger partial charge < -0.3 is 15.6 Å². The third-order valence-electron chi connectivity index (χ3n) is 1.95. The molecule has 4 nitrogen and oxygen atoms in total. The van der Waals surface area contributed by atoms with Crippen molar-refractivity contribution in [3.8, 4) is 5.75 Å². The van der Waals surface area contributed by atoms with Crippen molar-refractivity contribution in [2.24, 2.45) is 5.73 Å². The van der Waals surface area contributed by atoms with Gasteiger partial charge in [-0.2, -0.15) is 0 Å². The zero-order valence-electron chi connectivity index (χ0n) is 7.99. The number of methoxy groups -OCH3 is 1. The fourth-order valence-corrected chi connectivity index (χ4v) is 1.11. The first-order valence-corrected chi connectivity index (χ1v) is 4.25. The molecule has 0 spiro atoms. The highest BCUT2D eigenvalue weighted by molar-refractivity contribution is 5.73. The number of ether oxygens (including phenoxy) is 1. The van der Waals surface area contributed by atoms with E-state index in [1.54, 1.807) is 18.2 Å². The van der Waals surface area contributed by atoms with Gasteiger partial charge in [0.1, 0.15) is 5.75 Å². The van der Waals surface area contributed by atoms with Crippen LogP contribution in [0.4, 0.5) is 0 Å². The molecule has 0 saturated heterocycles. The Bertz CT molecular complexity index is 336. The predicted molar refractivity (Wildman–Crippen MR) is 51.7 cm³/mol. The van der Waals surface area contributed by atoms with Gasteiger partial charge in [0.15, 0.2) is 0 Å². The Kier molecular flexibility index (Phi) is 3.48. The Labute approximate surface area is 82.3 Å². The van der Waals surface area contributed by atoms with Gasteiger partial charge in [0.2, 0.25) is 0 Å². The van der Waals surface area contributed by atoms with E-state index >= 15 is 0 Å². The Morgan fingerprint density at radius 1 is 1.57 bits per heavy atom. The van der Waals surface area contributed by atoms with Gasteiger partial charge in [-0.3, -0.25) is 4.79 Å². The Morgan fingerprint density at radius 3 is 2.79 bits per heavy atom. The van der Waals surface area contributed by atoms with Crippen LogP contribution in [-0.4, -0.2) is 18.2 Å². The Hall–Kier alpha value is -1.55. The van der Waals surface area contributed by atoms with Crippen molar-refractivity contribution in [2.75, 3.05) is 7.11 Å². The molecular weight excluding hydrogens is 182 g/mol. The molecule has 0 radical (unpaired) electrons. The lowest BCUT2D eigenvalue weighted by atomic mass is 10.1. The van der Waals surface area contributed by atoms with Gasteiger partial charge in [-0.05, 0) is 11.6 Å². The minimum Gasteiger partial charge on any atom is -0.508 e. The number of phenols is 1. The zero-order valence-corrected chi connectivity index (χ0v) is 7.99. The number of phenolic OH excluding ortho intramolecular Hbond substituents is 1. The highest BCUT2D eigenvalue weighted by atomic mass is 16.5. The number of carbonyl (C=O) groups is 1. The highest BCUT2D eigenvalue weighted by Crippen LogP contribution is 2.19. The standard InChI is InChI=1S/C10H13NO3/c1-14-10(13)5-8-3-2-7(6-11)4-9(8)12/h2-4,12H,5-6,11H2,1H3. The fourth-order valence-electron chi connectivity index (χ4n) is 1.11. The van der Waals surface area contributed by atoms with E-state index in [1.807, 2.05) is 0 Å². The van der Waals surface area contributed by atoms with Crippen LogP contribution < -0.4 is 5.73 Å². The van der Waals surface area contributed by atoms with Crippen LogP contribution in [0.25, 0.3) is 0 Å². The van der Waals surface area contributed by atoms with E-state index in [0.717, 1.165) is 5.56 Å². The molecule has 0 fully saturated rings. The van der Waals surface area contributed by atoms with Crippen molar-refractivity contribution >= 4 is 5.97 Å². The van der Waals surface area contributed by atoms with Crippen molar-refractivity contribution in [1.82, 2.24) is 0 Å². The van der Waals surface area contributed by atoms with E-state index in [9.17, 15) is 9.90 Å². The molecule has 0 atom stereocenters. The molecule has 0 unspecified atom stereocenters. The first-order chi connectivity index (χ1) is 6.67. The molecule has 4 heteroatoms. The molecule has 0 aliphatic heterocycles. The molecule has 1 aromatic carbocycles. The zero-order chi connectivity index (χ0) is 10.6. The lowest BCUT2D eigenvalue weighted by molar-refractivity contribution is -0.139. The molecule has 76 valence electrons. The van der Waals surface area contributed by atoms with Crippen LogP contribution in [0.1, 0.15) is 11.1 Å². The summed E-state index contributed by atoms with van der Waals surface area (Å²) < 4.78 is 4.49. The summed E-state index contributed by atoms with van der Waals surface area (Å²) in [5, 5.41) is 9.50. The summed E-state index contributed by atoms with van der Waals surface area (Å²) in [5.41, 5.74) is 6.77. The highest BCUT2D eigenvalue weighted by Gasteiger charge is 2.07. The van der Waals surface area contributed by atoms with E-state index < -0.39 is 0 Å². The molecule has 0 bridgehead atoms. The third kappa shape index (κ3) is 2.47. The maximum Gasteiger partial charge on any atom is 0.310 e. The van der Waals surface area contributed by atoms with Crippen LogP contribution >= 0.6 is 0 Å². The third-order valence-corrected chi connectivity index (χ3v) is 1.95. The van der Waals surface area contributed by atoms with Crippen molar-refractivity contribution in [2.45, 2.75) is 13.0 Å². The molecule has 0 saturated carbocycles. The minimum atomic E-state index is -0.374. The average molecular weight is 195 g/mol. The maximum absolute atomic E-state index is 10.9. The van der Waals surface area contributed by atoms with Crippen molar-refractivity contribution in [3.05, 3.63) is 29.3 Å². The summed E-state index contributed by atoms with van der Waals surface area (Å²) in [5.74, 6) is -0.292. The molecule has 1 aromatic rings. The largest absolute Gasteiger partial charge is 0.508 e. The lowest BCUT2D eigenvalue weighted by Crippen LogP contribution is -2.05. The number of benzene rings is 1. The van der Waals surface area contributed by atoms with Crippen LogP contribution in [0.15, 0.2) is 18.2 Å². The molecule has 3 N–H and O–H groups in total. The van der Waals surface area contributed by atoms with Gasteiger partial charge in [0.05, 0.1) is 13.5 Å². The summed E-state index contributed by atoms with van der Waals surface area (Å²) >= 11 is 0. The smallest absolute Gasteiger partial charge is 0.310 e. The molecule has 0 heterocycles. The summed E-state index contributed by atoms with van der Waals surface area (Å²) in [7, 11) is 1.31. The maximum atomic E-state index is 10.9. The van der Waals surface area contributed by atoms with Crippen LogP contribution in [0, 0.1) is 0 Å². The molecule has 1 rings (SSSR count). The van der Waals surface area contributed by atoms with Crippen LogP contribution in [0.2, 0.25) is 0 Å². The van der Waals surface area contributed by atoms with Gasteiger partial charge in [-0.15, -0.1) is 0 Å². The van der Waals surface area contributed by atoms with E-state index in [1.165, 1.54) is 7.11 Å². The van der Waals surface area contributed by atoms with E-state index in [-0.39, 0.29) is 18.1 Å². The van der Waals surface area contributed by atoms with E-state index in [2.05, 4.69) is 4.74 Å². The summed E-state index contributed by atoms with van der Waals surface area (Å²) in [6, 6.07) is 5.00. The van der Waals surface area contributed by atoms with Crippen molar-refractivity contribution in [3.63, 3.8) is 0 Å². The van der Waals surface area contributed by atoms with Crippen molar-refractivity contribution < 1.29 is 14.6 Å². The first-order valence-electron chi connectivity index (χ1n) is 4.25. The monoisotopic (exact) mass is 195 g/mol. The molecular formula is C10H13NO3. The number of hydrogen-bond donors (Lipinski definition) is 2. The Balaban J connectivity index is 2.83. The van der Waals surface area contributed by atoms with Gasteiger partial charge in [-0.25, -0.2) is 0 Å². The second-order valence-corrected chi connectivity index (χ2v) is 2.92. The van der Waals surface area contributed by atoms with E-state index in [0.29, 0.717) is 12.1 Å². The van der Waals surface area contributed by atoms with Gasteiger partial charge in [-0.1, -0.05) is 12.1 Å². The van der Waals surface area contributed by atoms with Crippen LogP contribution in [0.3, 0.4) is 0 Å².